The number of nitrogens with one attached hydrogen (secondary N) is 1. The van der Waals surface area contributed by atoms with Crippen LogP contribution in [0, 0.1) is 6.92 Å². The summed E-state index contributed by atoms with van der Waals surface area (Å²) >= 11 is 1.61. The van der Waals surface area contributed by atoms with E-state index in [0.717, 1.165) is 27.9 Å². The molecule has 0 radical (unpaired) electrons. The lowest BCUT2D eigenvalue weighted by molar-refractivity contribution is 0.119. The summed E-state index contributed by atoms with van der Waals surface area (Å²) in [6.45, 7) is 5.23. The maximum absolute atomic E-state index is 5.62. The van der Waals surface area contributed by atoms with E-state index in [0.29, 0.717) is 19.0 Å². The molecule has 0 bridgehead atoms. The Labute approximate surface area is 198 Å². The number of nitrogens with zero attached hydrogens (tertiary/aromatic N) is 4. The van der Waals surface area contributed by atoms with E-state index in [-0.39, 0.29) is 30.1 Å². The van der Waals surface area contributed by atoms with E-state index in [1.165, 1.54) is 5.56 Å². The van der Waals surface area contributed by atoms with Gasteiger partial charge in [-0.15, -0.1) is 35.3 Å². The van der Waals surface area contributed by atoms with Crippen molar-refractivity contribution in [1.29, 1.82) is 0 Å². The van der Waals surface area contributed by atoms with Crippen LogP contribution in [0.25, 0.3) is 11.5 Å². The number of aryl methyl sites for hydroxylation is 1. The second-order valence-corrected chi connectivity index (χ2v) is 7.71. The smallest absolute Gasteiger partial charge is 0.226 e. The molecule has 1 aromatic carbocycles. The summed E-state index contributed by atoms with van der Waals surface area (Å²) in [6.07, 6.45) is 1.68. The predicted molar refractivity (Wildman–Crippen MR) is 131 cm³/mol. The van der Waals surface area contributed by atoms with Crippen LogP contribution in [-0.2, 0) is 17.8 Å². The van der Waals surface area contributed by atoms with Crippen LogP contribution in [0.15, 0.2) is 45.3 Å². The first kappa shape index (κ1) is 24.3. The summed E-state index contributed by atoms with van der Waals surface area (Å²) in [5, 5.41) is 6.36. The van der Waals surface area contributed by atoms with E-state index in [1.54, 1.807) is 31.8 Å². The van der Waals surface area contributed by atoms with Crippen molar-refractivity contribution in [1.82, 2.24) is 20.2 Å². The molecule has 0 aliphatic rings. The summed E-state index contributed by atoms with van der Waals surface area (Å²) in [6, 6.07) is 8.12. The van der Waals surface area contributed by atoms with Gasteiger partial charge < -0.3 is 19.4 Å². The largest absolute Gasteiger partial charge is 0.444 e. The Morgan fingerprint density at radius 3 is 2.67 bits per heavy atom. The maximum atomic E-state index is 5.62. The minimum Gasteiger partial charge on any atom is -0.444 e. The zero-order valence-corrected chi connectivity index (χ0v) is 21.0. The van der Waals surface area contributed by atoms with Crippen LogP contribution in [0.1, 0.15) is 35.0 Å². The summed E-state index contributed by atoms with van der Waals surface area (Å²) in [5.74, 6) is 1.38. The second-order valence-electron chi connectivity index (χ2n) is 6.82. The first-order valence-electron chi connectivity index (χ1n) is 9.40. The van der Waals surface area contributed by atoms with E-state index >= 15 is 0 Å². The molecule has 7 nitrogen and oxygen atoms in total. The van der Waals surface area contributed by atoms with Gasteiger partial charge in [0, 0.05) is 32.1 Å². The molecule has 0 fully saturated rings. The zero-order valence-electron chi connectivity index (χ0n) is 17.9. The minimum absolute atomic E-state index is 0. The standard InChI is InChI=1S/C21H27N5O2S.HI/c1-14-6-8-16(9-7-14)19-24-17(12-28-19)10-23-21(22-3)26(4)11-18-13-29-20(25-18)15(2)27-5;/h6-9,12-13,15H,10-11H2,1-5H3,(H,22,23);1H. The fourth-order valence-electron chi connectivity index (χ4n) is 2.77. The van der Waals surface area contributed by atoms with Crippen LogP contribution in [0.4, 0.5) is 0 Å². The molecular formula is C21H28IN5O2S. The van der Waals surface area contributed by atoms with E-state index in [9.17, 15) is 0 Å². The molecule has 2 heterocycles. The fourth-order valence-corrected chi connectivity index (χ4v) is 3.61. The van der Waals surface area contributed by atoms with Gasteiger partial charge in [0.2, 0.25) is 5.89 Å². The molecule has 0 aliphatic heterocycles. The number of hydrogen-bond acceptors (Lipinski definition) is 6. The maximum Gasteiger partial charge on any atom is 0.226 e. The average molecular weight is 541 g/mol. The molecule has 2 aromatic heterocycles. The Hall–Kier alpha value is -1.98. The molecule has 1 N–H and O–H groups in total. The monoisotopic (exact) mass is 541 g/mol. The predicted octanol–water partition coefficient (Wildman–Crippen LogP) is 4.64. The van der Waals surface area contributed by atoms with Crippen LogP contribution in [0.3, 0.4) is 0 Å². The highest BCUT2D eigenvalue weighted by atomic mass is 127. The zero-order chi connectivity index (χ0) is 20.8. The number of aromatic nitrogens is 2. The number of aliphatic imine (C=N–C) groups is 1. The quantitative estimate of drug-likeness (QED) is 0.267. The van der Waals surface area contributed by atoms with Gasteiger partial charge in [0.05, 0.1) is 24.5 Å². The van der Waals surface area contributed by atoms with Gasteiger partial charge in [0.15, 0.2) is 5.96 Å². The first-order chi connectivity index (χ1) is 14.0. The van der Waals surface area contributed by atoms with Crippen molar-refractivity contribution in [2.75, 3.05) is 21.2 Å². The molecule has 0 saturated carbocycles. The third-order valence-corrected chi connectivity index (χ3v) is 5.58. The van der Waals surface area contributed by atoms with Crippen LogP contribution in [0.2, 0.25) is 0 Å². The molecular weight excluding hydrogens is 513 g/mol. The van der Waals surface area contributed by atoms with Gasteiger partial charge in [-0.05, 0) is 26.0 Å². The molecule has 162 valence electrons. The molecule has 0 aliphatic carbocycles. The number of benzene rings is 1. The SMILES string of the molecule is CN=C(NCc1coc(-c2ccc(C)cc2)n1)N(C)Cc1csc(C(C)OC)n1.I. The van der Waals surface area contributed by atoms with E-state index < -0.39 is 0 Å². The number of hydrogen-bond donors (Lipinski definition) is 1. The summed E-state index contributed by atoms with van der Waals surface area (Å²) < 4.78 is 11.0. The van der Waals surface area contributed by atoms with Crippen molar-refractivity contribution in [2.24, 2.45) is 4.99 Å². The lowest BCUT2D eigenvalue weighted by Crippen LogP contribution is -2.38. The van der Waals surface area contributed by atoms with Crippen LogP contribution in [0.5, 0.6) is 0 Å². The summed E-state index contributed by atoms with van der Waals surface area (Å²) in [7, 11) is 5.44. The highest BCUT2D eigenvalue weighted by Gasteiger charge is 2.13. The van der Waals surface area contributed by atoms with E-state index in [2.05, 4.69) is 32.6 Å². The molecule has 0 saturated heterocycles. The van der Waals surface area contributed by atoms with Gasteiger partial charge in [-0.2, -0.15) is 0 Å². The topological polar surface area (TPSA) is 75.8 Å². The highest BCUT2D eigenvalue weighted by Crippen LogP contribution is 2.21. The van der Waals surface area contributed by atoms with Gasteiger partial charge in [-0.3, -0.25) is 4.99 Å². The molecule has 9 heteroatoms. The number of methoxy groups -OCH3 is 1. The van der Waals surface area contributed by atoms with Crippen LogP contribution >= 0.6 is 35.3 Å². The van der Waals surface area contributed by atoms with Gasteiger partial charge in [0.25, 0.3) is 0 Å². The van der Waals surface area contributed by atoms with Crippen LogP contribution < -0.4 is 5.32 Å². The average Bonchev–Trinajstić information content (AvgIpc) is 3.38. The Balaban J connectivity index is 0.00000320. The molecule has 0 amide bonds. The van der Waals surface area contributed by atoms with Crippen molar-refractivity contribution >= 4 is 41.3 Å². The molecule has 3 aromatic rings. The summed E-state index contributed by atoms with van der Waals surface area (Å²) in [5.41, 5.74) is 3.98. The number of oxazole rings is 1. The first-order valence-corrected chi connectivity index (χ1v) is 10.3. The highest BCUT2D eigenvalue weighted by molar-refractivity contribution is 14.0. The number of halogens is 1. The fraction of sp³-hybridized carbons (Fsp3) is 0.381. The molecule has 1 unspecified atom stereocenters. The van der Waals surface area contributed by atoms with Crippen molar-refractivity contribution in [3.8, 4) is 11.5 Å². The lowest BCUT2D eigenvalue weighted by atomic mass is 10.1. The van der Waals surface area contributed by atoms with Crippen molar-refractivity contribution in [2.45, 2.75) is 33.0 Å². The van der Waals surface area contributed by atoms with E-state index in [1.807, 2.05) is 43.1 Å². The van der Waals surface area contributed by atoms with Crippen molar-refractivity contribution in [3.63, 3.8) is 0 Å². The van der Waals surface area contributed by atoms with Gasteiger partial charge in [-0.1, -0.05) is 17.7 Å². The second kappa shape index (κ2) is 11.4. The Morgan fingerprint density at radius 1 is 1.27 bits per heavy atom. The molecule has 0 spiro atoms. The number of ether oxygens (including phenoxy) is 1. The summed E-state index contributed by atoms with van der Waals surface area (Å²) in [4.78, 5) is 15.6. The van der Waals surface area contributed by atoms with E-state index in [4.69, 9.17) is 9.15 Å². The van der Waals surface area contributed by atoms with Crippen molar-refractivity contribution in [3.05, 3.63) is 57.9 Å². The minimum atomic E-state index is 0. The number of guanidine groups is 1. The van der Waals surface area contributed by atoms with Gasteiger partial charge in [-0.25, -0.2) is 9.97 Å². The van der Waals surface area contributed by atoms with Crippen molar-refractivity contribution < 1.29 is 9.15 Å². The normalized spacial score (nSPS) is 12.4. The van der Waals surface area contributed by atoms with Crippen LogP contribution in [-0.4, -0.2) is 42.0 Å². The molecule has 30 heavy (non-hydrogen) atoms. The Bertz CT molecular complexity index is 954. The third-order valence-electron chi connectivity index (χ3n) is 4.52. The Kier molecular flexibility index (Phi) is 9.25. The third kappa shape index (κ3) is 6.26. The number of rotatable bonds is 7. The molecule has 1 atom stereocenters. The molecule has 3 rings (SSSR count). The lowest BCUT2D eigenvalue weighted by Gasteiger charge is -2.20. The number of thiazole rings is 1. The van der Waals surface area contributed by atoms with Gasteiger partial charge >= 0.3 is 0 Å². The van der Waals surface area contributed by atoms with Gasteiger partial charge in [0.1, 0.15) is 17.4 Å². The Morgan fingerprint density at radius 2 is 2.00 bits per heavy atom.